The van der Waals surface area contributed by atoms with Crippen LogP contribution in [0.15, 0.2) is 6.07 Å². The normalized spacial score (nSPS) is 27.6. The summed E-state index contributed by atoms with van der Waals surface area (Å²) in [6.45, 7) is 4.14. The number of piperidine rings is 1. The zero-order chi connectivity index (χ0) is 13.4. The molecule has 1 saturated carbocycles. The summed E-state index contributed by atoms with van der Waals surface area (Å²) in [6, 6.07) is 1.87. The zero-order valence-corrected chi connectivity index (χ0v) is 12.2. The van der Waals surface area contributed by atoms with Gasteiger partial charge in [-0.2, -0.15) is 0 Å². The van der Waals surface area contributed by atoms with Crippen LogP contribution in [-0.4, -0.2) is 36.3 Å². The largest absolute Gasteiger partial charge is 0.379 e. The standard InChI is InChI=1S/C14H20ClN3O/c1-9-5-6-18(8-11(9)19-2)13-7-12(15)16-14(17-13)10-3-4-10/h7,9-11H,3-6,8H2,1-2H3. The summed E-state index contributed by atoms with van der Waals surface area (Å²) in [6.07, 6.45) is 3.78. The Balaban J connectivity index is 1.81. The average Bonchev–Trinajstić information content (AvgIpc) is 3.23. The lowest BCUT2D eigenvalue weighted by Crippen LogP contribution is -2.44. The highest BCUT2D eigenvalue weighted by molar-refractivity contribution is 6.29. The molecule has 0 N–H and O–H groups in total. The van der Waals surface area contributed by atoms with Crippen LogP contribution in [0.2, 0.25) is 5.15 Å². The van der Waals surface area contributed by atoms with Gasteiger partial charge < -0.3 is 9.64 Å². The topological polar surface area (TPSA) is 38.2 Å². The average molecular weight is 282 g/mol. The van der Waals surface area contributed by atoms with E-state index < -0.39 is 0 Å². The molecule has 0 spiro atoms. The predicted molar refractivity (Wildman–Crippen MR) is 75.8 cm³/mol. The van der Waals surface area contributed by atoms with Crippen molar-refractivity contribution in [3.05, 3.63) is 17.0 Å². The van der Waals surface area contributed by atoms with Gasteiger partial charge in [0.2, 0.25) is 0 Å². The minimum Gasteiger partial charge on any atom is -0.379 e. The van der Waals surface area contributed by atoms with Gasteiger partial charge in [0.05, 0.1) is 6.10 Å². The first-order valence-electron chi connectivity index (χ1n) is 6.99. The third-order valence-electron chi connectivity index (χ3n) is 4.16. The van der Waals surface area contributed by atoms with Crippen molar-refractivity contribution in [2.75, 3.05) is 25.1 Å². The minimum absolute atomic E-state index is 0.270. The van der Waals surface area contributed by atoms with E-state index in [1.807, 2.05) is 6.07 Å². The fourth-order valence-corrected chi connectivity index (χ4v) is 2.84. The summed E-state index contributed by atoms with van der Waals surface area (Å²) < 4.78 is 5.56. The van der Waals surface area contributed by atoms with Gasteiger partial charge in [-0.05, 0) is 25.2 Å². The first kappa shape index (κ1) is 13.1. The van der Waals surface area contributed by atoms with Gasteiger partial charge in [0.1, 0.15) is 16.8 Å². The number of rotatable bonds is 3. The summed E-state index contributed by atoms with van der Waals surface area (Å²) in [5.41, 5.74) is 0. The minimum atomic E-state index is 0.270. The molecule has 104 valence electrons. The number of halogens is 1. The van der Waals surface area contributed by atoms with Crippen molar-refractivity contribution in [3.8, 4) is 0 Å². The van der Waals surface area contributed by atoms with E-state index in [1.165, 1.54) is 12.8 Å². The van der Waals surface area contributed by atoms with Crippen LogP contribution in [0.3, 0.4) is 0 Å². The summed E-state index contributed by atoms with van der Waals surface area (Å²) in [5, 5.41) is 0.555. The third kappa shape index (κ3) is 2.84. The summed E-state index contributed by atoms with van der Waals surface area (Å²) in [5.74, 6) is 2.99. The lowest BCUT2D eigenvalue weighted by Gasteiger charge is -2.37. The summed E-state index contributed by atoms with van der Waals surface area (Å²) in [4.78, 5) is 11.3. The fourth-order valence-electron chi connectivity index (χ4n) is 2.66. The molecule has 2 aliphatic rings. The molecule has 2 heterocycles. The van der Waals surface area contributed by atoms with Crippen molar-refractivity contribution in [1.82, 2.24) is 9.97 Å². The van der Waals surface area contributed by atoms with Gasteiger partial charge >= 0.3 is 0 Å². The lowest BCUT2D eigenvalue weighted by molar-refractivity contribution is 0.0496. The van der Waals surface area contributed by atoms with Gasteiger partial charge in [0, 0.05) is 32.2 Å². The summed E-state index contributed by atoms with van der Waals surface area (Å²) >= 11 is 6.13. The van der Waals surface area contributed by atoms with Crippen molar-refractivity contribution in [1.29, 1.82) is 0 Å². The number of nitrogens with zero attached hydrogens (tertiary/aromatic N) is 3. The molecule has 2 atom stereocenters. The molecule has 19 heavy (non-hydrogen) atoms. The SMILES string of the molecule is COC1CN(c2cc(Cl)nc(C3CC3)n2)CCC1C. The van der Waals surface area contributed by atoms with Gasteiger partial charge in [-0.25, -0.2) is 9.97 Å². The van der Waals surface area contributed by atoms with Gasteiger partial charge in [-0.15, -0.1) is 0 Å². The van der Waals surface area contributed by atoms with Crippen LogP contribution in [0.4, 0.5) is 5.82 Å². The Labute approximate surface area is 119 Å². The predicted octanol–water partition coefficient (Wildman–Crippen LogP) is 2.87. The highest BCUT2D eigenvalue weighted by Gasteiger charge is 2.30. The van der Waals surface area contributed by atoms with Gasteiger partial charge in [-0.3, -0.25) is 0 Å². The first-order chi connectivity index (χ1) is 9.17. The molecule has 1 aromatic heterocycles. The number of anilines is 1. The highest BCUT2D eigenvalue weighted by atomic mass is 35.5. The molecular weight excluding hydrogens is 262 g/mol. The Morgan fingerprint density at radius 2 is 2.11 bits per heavy atom. The van der Waals surface area contributed by atoms with Gasteiger partial charge in [-0.1, -0.05) is 18.5 Å². The second kappa shape index (κ2) is 5.25. The van der Waals surface area contributed by atoms with Crippen molar-refractivity contribution in [2.45, 2.75) is 38.2 Å². The van der Waals surface area contributed by atoms with Crippen molar-refractivity contribution < 1.29 is 4.74 Å². The van der Waals surface area contributed by atoms with E-state index in [4.69, 9.17) is 16.3 Å². The molecule has 1 aliphatic carbocycles. The molecule has 4 nitrogen and oxygen atoms in total. The number of methoxy groups -OCH3 is 1. The third-order valence-corrected chi connectivity index (χ3v) is 4.35. The van der Waals surface area contributed by atoms with Crippen LogP contribution in [0.25, 0.3) is 0 Å². The smallest absolute Gasteiger partial charge is 0.135 e. The number of aromatic nitrogens is 2. The maximum atomic E-state index is 6.13. The molecular formula is C14H20ClN3O. The molecule has 2 fully saturated rings. The Morgan fingerprint density at radius 1 is 1.32 bits per heavy atom. The first-order valence-corrected chi connectivity index (χ1v) is 7.37. The maximum absolute atomic E-state index is 6.13. The molecule has 5 heteroatoms. The van der Waals surface area contributed by atoms with Gasteiger partial charge in [0.15, 0.2) is 0 Å². The quantitative estimate of drug-likeness (QED) is 0.799. The molecule has 0 radical (unpaired) electrons. The molecule has 1 aliphatic heterocycles. The molecule has 1 saturated heterocycles. The number of hydrogen-bond donors (Lipinski definition) is 0. The second-order valence-corrected chi connectivity index (χ2v) is 6.05. The van der Waals surface area contributed by atoms with E-state index in [-0.39, 0.29) is 6.10 Å². The van der Waals surface area contributed by atoms with E-state index in [0.29, 0.717) is 17.0 Å². The number of ether oxygens (including phenoxy) is 1. The Hall–Kier alpha value is -0.870. The van der Waals surface area contributed by atoms with E-state index in [0.717, 1.165) is 31.2 Å². The second-order valence-electron chi connectivity index (χ2n) is 5.67. The van der Waals surface area contributed by atoms with Crippen LogP contribution in [0, 0.1) is 5.92 Å². The monoisotopic (exact) mass is 281 g/mol. The van der Waals surface area contributed by atoms with Crippen LogP contribution >= 0.6 is 11.6 Å². The number of hydrogen-bond acceptors (Lipinski definition) is 4. The molecule has 3 rings (SSSR count). The van der Waals surface area contributed by atoms with E-state index in [1.54, 1.807) is 7.11 Å². The Morgan fingerprint density at radius 3 is 2.79 bits per heavy atom. The fraction of sp³-hybridized carbons (Fsp3) is 0.714. The van der Waals surface area contributed by atoms with E-state index >= 15 is 0 Å². The molecule has 0 aromatic carbocycles. The van der Waals surface area contributed by atoms with E-state index in [2.05, 4.69) is 21.8 Å². The van der Waals surface area contributed by atoms with Crippen molar-refractivity contribution >= 4 is 17.4 Å². The summed E-state index contributed by atoms with van der Waals surface area (Å²) in [7, 11) is 1.78. The molecule has 0 amide bonds. The van der Waals surface area contributed by atoms with Crippen LogP contribution < -0.4 is 4.90 Å². The Kier molecular flexibility index (Phi) is 3.63. The Bertz CT molecular complexity index is 464. The lowest BCUT2D eigenvalue weighted by atomic mass is 9.96. The maximum Gasteiger partial charge on any atom is 0.135 e. The van der Waals surface area contributed by atoms with Gasteiger partial charge in [0.25, 0.3) is 0 Å². The van der Waals surface area contributed by atoms with Crippen molar-refractivity contribution in [2.24, 2.45) is 5.92 Å². The van der Waals surface area contributed by atoms with Crippen LogP contribution in [0.5, 0.6) is 0 Å². The van der Waals surface area contributed by atoms with Crippen molar-refractivity contribution in [3.63, 3.8) is 0 Å². The molecule has 0 bridgehead atoms. The molecule has 1 aromatic rings. The zero-order valence-electron chi connectivity index (χ0n) is 11.5. The van der Waals surface area contributed by atoms with Crippen LogP contribution in [-0.2, 0) is 4.74 Å². The highest BCUT2D eigenvalue weighted by Crippen LogP contribution is 2.39. The molecule has 2 unspecified atom stereocenters. The van der Waals surface area contributed by atoms with E-state index in [9.17, 15) is 0 Å². The van der Waals surface area contributed by atoms with Crippen LogP contribution in [0.1, 0.15) is 37.9 Å².